The number of piperidine rings is 1. The average molecular weight is 436 g/mol. The van der Waals surface area contributed by atoms with Gasteiger partial charge in [-0.3, -0.25) is 0 Å². The van der Waals surface area contributed by atoms with Crippen molar-refractivity contribution in [2.24, 2.45) is 11.8 Å². The first-order valence-corrected chi connectivity index (χ1v) is 11.5. The van der Waals surface area contributed by atoms with Crippen LogP contribution in [0.1, 0.15) is 46.4 Å². The summed E-state index contributed by atoms with van der Waals surface area (Å²) in [4.78, 5) is 19.1. The summed E-state index contributed by atoms with van der Waals surface area (Å²) >= 11 is 1.36. The lowest BCUT2D eigenvalue weighted by Crippen LogP contribution is -2.42. The molecule has 1 aromatic heterocycles. The third kappa shape index (κ3) is 5.74. The van der Waals surface area contributed by atoms with E-state index in [0.29, 0.717) is 53.5 Å². The van der Waals surface area contributed by atoms with Gasteiger partial charge in [0.05, 0.1) is 0 Å². The fraction of sp³-hybridized carbons (Fsp3) is 0.591. The summed E-state index contributed by atoms with van der Waals surface area (Å²) in [6.07, 6.45) is 4.10. The van der Waals surface area contributed by atoms with E-state index in [1.807, 2.05) is 27.0 Å². The van der Waals surface area contributed by atoms with E-state index < -0.39 is 5.60 Å². The molecular formula is C22H30FN3O3S. The van der Waals surface area contributed by atoms with Gasteiger partial charge in [-0.25, -0.2) is 9.18 Å². The third-order valence-corrected chi connectivity index (χ3v) is 6.14. The minimum Gasteiger partial charge on any atom is -0.444 e. The van der Waals surface area contributed by atoms with Gasteiger partial charge in [0.1, 0.15) is 11.4 Å². The highest BCUT2D eigenvalue weighted by Gasteiger charge is 2.30. The quantitative estimate of drug-likeness (QED) is 0.584. The largest absolute Gasteiger partial charge is 0.444 e. The number of amides is 1. The summed E-state index contributed by atoms with van der Waals surface area (Å²) < 4.78 is 24.9. The van der Waals surface area contributed by atoms with E-state index in [4.69, 9.17) is 9.26 Å². The molecule has 3 rings (SSSR count). The number of rotatable bonds is 5. The summed E-state index contributed by atoms with van der Waals surface area (Å²) in [6.45, 7) is 9.20. The maximum Gasteiger partial charge on any atom is 0.410 e. The Hall–Kier alpha value is -2.09. The van der Waals surface area contributed by atoms with Crippen LogP contribution in [-0.4, -0.2) is 46.1 Å². The lowest BCUT2D eigenvalue weighted by Gasteiger charge is -2.35. The Morgan fingerprint density at radius 2 is 2.07 bits per heavy atom. The molecule has 1 aliphatic rings. The van der Waals surface area contributed by atoms with Gasteiger partial charge in [0, 0.05) is 30.0 Å². The van der Waals surface area contributed by atoms with Gasteiger partial charge in [-0.2, -0.15) is 4.98 Å². The van der Waals surface area contributed by atoms with Crippen molar-refractivity contribution in [3.63, 3.8) is 0 Å². The lowest BCUT2D eigenvalue weighted by atomic mass is 9.83. The van der Waals surface area contributed by atoms with Crippen LogP contribution in [-0.2, 0) is 11.2 Å². The van der Waals surface area contributed by atoms with E-state index in [2.05, 4.69) is 17.1 Å². The number of halogens is 1. The number of hydrogen-bond acceptors (Lipinski definition) is 6. The van der Waals surface area contributed by atoms with Gasteiger partial charge in [0.2, 0.25) is 11.7 Å². The average Bonchev–Trinajstić information content (AvgIpc) is 3.15. The highest BCUT2D eigenvalue weighted by Crippen LogP contribution is 2.29. The van der Waals surface area contributed by atoms with Gasteiger partial charge >= 0.3 is 6.09 Å². The molecule has 0 bridgehead atoms. The van der Waals surface area contributed by atoms with Crippen LogP contribution in [0.4, 0.5) is 9.18 Å². The number of thioether (sulfide) groups is 1. The normalized spacial score (nSPS) is 16.5. The number of ether oxygens (including phenoxy) is 1. The first kappa shape index (κ1) is 22.6. The van der Waals surface area contributed by atoms with Gasteiger partial charge in [0.15, 0.2) is 0 Å². The molecule has 1 amide bonds. The van der Waals surface area contributed by atoms with Crippen LogP contribution >= 0.6 is 11.8 Å². The SMILES string of the molecule is CSc1ccc(-c2noc(CC(C)C3CCN(C(=O)OC(C)(C)C)CC3)n2)cc1F. The monoisotopic (exact) mass is 435 g/mol. The van der Waals surface area contributed by atoms with Gasteiger partial charge in [-0.15, -0.1) is 11.8 Å². The highest BCUT2D eigenvalue weighted by atomic mass is 32.2. The van der Waals surface area contributed by atoms with E-state index in [9.17, 15) is 9.18 Å². The molecule has 1 saturated heterocycles. The van der Waals surface area contributed by atoms with Crippen molar-refractivity contribution in [1.29, 1.82) is 0 Å². The number of benzene rings is 1. The molecular weight excluding hydrogens is 405 g/mol. The Balaban J connectivity index is 1.54. The molecule has 6 nitrogen and oxygen atoms in total. The van der Waals surface area contributed by atoms with Crippen molar-refractivity contribution in [1.82, 2.24) is 15.0 Å². The summed E-state index contributed by atoms with van der Waals surface area (Å²) in [5.41, 5.74) is 0.133. The Morgan fingerprint density at radius 3 is 2.67 bits per heavy atom. The van der Waals surface area contributed by atoms with Crippen LogP contribution in [0.5, 0.6) is 0 Å². The van der Waals surface area contributed by atoms with E-state index >= 15 is 0 Å². The molecule has 0 aliphatic carbocycles. The Morgan fingerprint density at radius 1 is 1.37 bits per heavy atom. The molecule has 0 N–H and O–H groups in total. The van der Waals surface area contributed by atoms with Crippen molar-refractivity contribution in [3.8, 4) is 11.4 Å². The number of likely N-dealkylation sites (tertiary alicyclic amines) is 1. The molecule has 1 unspecified atom stereocenters. The second-order valence-electron chi connectivity index (χ2n) is 8.85. The molecule has 1 atom stereocenters. The molecule has 2 heterocycles. The number of carbonyl (C=O) groups is 1. The fourth-order valence-corrected chi connectivity index (χ4v) is 4.14. The number of aromatic nitrogens is 2. The van der Waals surface area contributed by atoms with Crippen molar-refractivity contribution in [2.75, 3.05) is 19.3 Å². The predicted molar refractivity (Wildman–Crippen MR) is 115 cm³/mol. The van der Waals surface area contributed by atoms with Gasteiger partial charge in [-0.05, 0) is 69.9 Å². The topological polar surface area (TPSA) is 68.5 Å². The standard InChI is InChI=1S/C22H30FN3O3S/c1-14(15-8-10-26(11-9-15)21(27)28-22(2,3)4)12-19-24-20(25-29-19)16-6-7-18(30-5)17(23)13-16/h6-7,13-15H,8-12H2,1-5H3. The van der Waals surface area contributed by atoms with E-state index in [1.165, 1.54) is 17.8 Å². The van der Waals surface area contributed by atoms with Crippen molar-refractivity contribution < 1.29 is 18.4 Å². The minimum absolute atomic E-state index is 0.241. The summed E-state index contributed by atoms with van der Waals surface area (Å²) in [7, 11) is 0. The molecule has 30 heavy (non-hydrogen) atoms. The van der Waals surface area contributed by atoms with Crippen LogP contribution < -0.4 is 0 Å². The van der Waals surface area contributed by atoms with E-state index in [-0.39, 0.29) is 11.9 Å². The highest BCUT2D eigenvalue weighted by molar-refractivity contribution is 7.98. The molecule has 1 fully saturated rings. The van der Waals surface area contributed by atoms with Crippen LogP contribution in [0.15, 0.2) is 27.6 Å². The zero-order valence-corrected chi connectivity index (χ0v) is 19.1. The molecule has 0 spiro atoms. The van der Waals surface area contributed by atoms with Crippen LogP contribution in [0, 0.1) is 17.7 Å². The number of carbonyl (C=O) groups excluding carboxylic acids is 1. The molecule has 0 radical (unpaired) electrons. The first-order chi connectivity index (χ1) is 14.2. The smallest absolute Gasteiger partial charge is 0.410 e. The summed E-state index contributed by atoms with van der Waals surface area (Å²) in [5, 5.41) is 4.02. The second kappa shape index (κ2) is 9.37. The van der Waals surface area contributed by atoms with Crippen LogP contribution in [0.2, 0.25) is 0 Å². The van der Waals surface area contributed by atoms with Crippen LogP contribution in [0.25, 0.3) is 11.4 Å². The molecule has 1 aromatic carbocycles. The fourth-order valence-electron chi connectivity index (χ4n) is 3.68. The van der Waals surface area contributed by atoms with Crippen LogP contribution in [0.3, 0.4) is 0 Å². The Labute approximate surface area is 181 Å². The molecule has 0 saturated carbocycles. The summed E-state index contributed by atoms with van der Waals surface area (Å²) in [6, 6.07) is 4.97. The zero-order chi connectivity index (χ0) is 21.9. The molecule has 1 aliphatic heterocycles. The predicted octanol–water partition coefficient (Wildman–Crippen LogP) is 5.42. The van der Waals surface area contributed by atoms with Crippen molar-refractivity contribution >= 4 is 17.9 Å². The van der Waals surface area contributed by atoms with Crippen molar-refractivity contribution in [3.05, 3.63) is 29.9 Å². The maximum atomic E-state index is 14.0. The molecule has 164 valence electrons. The van der Waals surface area contributed by atoms with E-state index in [1.54, 1.807) is 17.0 Å². The molecule has 2 aromatic rings. The van der Waals surface area contributed by atoms with E-state index in [0.717, 1.165) is 12.8 Å². The van der Waals surface area contributed by atoms with Gasteiger partial charge in [-0.1, -0.05) is 12.1 Å². The maximum absolute atomic E-state index is 14.0. The van der Waals surface area contributed by atoms with Gasteiger partial charge < -0.3 is 14.2 Å². The minimum atomic E-state index is -0.477. The number of nitrogens with zero attached hydrogens (tertiary/aromatic N) is 3. The third-order valence-electron chi connectivity index (χ3n) is 5.37. The second-order valence-corrected chi connectivity index (χ2v) is 9.70. The van der Waals surface area contributed by atoms with Crippen molar-refractivity contribution in [2.45, 2.75) is 57.5 Å². The lowest BCUT2D eigenvalue weighted by molar-refractivity contribution is 0.0161. The first-order valence-electron chi connectivity index (χ1n) is 10.3. The Bertz CT molecular complexity index is 873. The summed E-state index contributed by atoms with van der Waals surface area (Å²) in [5.74, 6) is 1.49. The van der Waals surface area contributed by atoms with Gasteiger partial charge in [0.25, 0.3) is 0 Å². The number of hydrogen-bond donors (Lipinski definition) is 0. The molecule has 8 heteroatoms. The Kier molecular flexibility index (Phi) is 7.06. The zero-order valence-electron chi connectivity index (χ0n) is 18.3.